The topological polar surface area (TPSA) is 156 Å². The van der Waals surface area contributed by atoms with E-state index in [9.17, 15) is 24.0 Å². The van der Waals surface area contributed by atoms with Crippen LogP contribution in [0.15, 0.2) is 18.2 Å². The number of fused-ring (bicyclic) bond motifs is 2. The number of nitrogens with zero attached hydrogens (tertiary/aromatic N) is 1. The summed E-state index contributed by atoms with van der Waals surface area (Å²) >= 11 is 0. The fourth-order valence-corrected chi connectivity index (χ4v) is 8.36. The molecule has 2 unspecified atom stereocenters. The summed E-state index contributed by atoms with van der Waals surface area (Å²) < 4.78 is 37.8. The van der Waals surface area contributed by atoms with Gasteiger partial charge in [0.05, 0.1) is 35.6 Å². The zero-order valence-corrected chi connectivity index (χ0v) is 32.7. The van der Waals surface area contributed by atoms with E-state index in [1.54, 1.807) is 39.0 Å². The molecule has 13 nitrogen and oxygen atoms in total. The van der Waals surface area contributed by atoms with Crippen molar-refractivity contribution in [3.05, 3.63) is 23.8 Å². The highest BCUT2D eigenvalue weighted by atomic mass is 16.7. The number of ether oxygens (including phenoxy) is 6. The number of rotatable bonds is 7. The average Bonchev–Trinajstić information content (AvgIpc) is 3.10. The highest BCUT2D eigenvalue weighted by Crippen LogP contribution is 2.44. The Kier molecular flexibility index (Phi) is 13.0. The molecular formula is C39H58N2O11. The molecule has 3 aliphatic heterocycles. The molecule has 2 saturated heterocycles. The van der Waals surface area contributed by atoms with Crippen molar-refractivity contribution < 1.29 is 52.4 Å². The Morgan fingerprint density at radius 3 is 2.31 bits per heavy atom. The molecule has 3 aliphatic rings. The molecule has 0 aliphatic carbocycles. The molecule has 1 aromatic carbocycles. The standard InChI is InChI=1S/C39H58N2O11/c1-13-30-39(9)34(40-27-17-26(19-42)14-15-29(27)52-39)22(4)31(44)20(2)18-38(8,47-12)35(23(5)32(45)24(6)36(46)50-30)51-37-33(49-25(7)43)28(41(10)11)16-21(3)48-37/h14-15,17,19-24,28,30,33-35,37,40H,13,16,18H2,1-12H3/t20-,21-,22+,23+,24-,28+,30-,33-,34?,35-,37?,38-,39-/m1/s1. The first-order valence-corrected chi connectivity index (χ1v) is 18.3. The van der Waals surface area contributed by atoms with Crippen molar-refractivity contribution in [2.45, 2.75) is 136 Å². The number of cyclic esters (lactones) is 1. The number of methoxy groups -OCH3 is 1. The summed E-state index contributed by atoms with van der Waals surface area (Å²) in [6.45, 7) is 15.4. The molecule has 290 valence electrons. The highest BCUT2D eigenvalue weighted by molar-refractivity contribution is 6.00. The van der Waals surface area contributed by atoms with Crippen molar-refractivity contribution in [2.24, 2.45) is 23.7 Å². The first-order valence-electron chi connectivity index (χ1n) is 18.3. The molecule has 2 fully saturated rings. The van der Waals surface area contributed by atoms with E-state index >= 15 is 0 Å². The number of likely N-dealkylation sites (N-methyl/N-ethyl adjacent to an activating group) is 1. The molecule has 13 atom stereocenters. The van der Waals surface area contributed by atoms with Crippen LogP contribution in [0.3, 0.4) is 0 Å². The Morgan fingerprint density at radius 1 is 1.06 bits per heavy atom. The highest BCUT2D eigenvalue weighted by Gasteiger charge is 2.55. The van der Waals surface area contributed by atoms with Gasteiger partial charge in [0, 0.05) is 37.4 Å². The minimum atomic E-state index is -1.27. The number of carbonyl (C=O) groups excluding carboxylic acids is 5. The molecule has 0 bridgehead atoms. The molecule has 0 aromatic heterocycles. The van der Waals surface area contributed by atoms with Gasteiger partial charge < -0.3 is 38.6 Å². The van der Waals surface area contributed by atoms with Crippen LogP contribution in [0.4, 0.5) is 5.69 Å². The third-order valence-corrected chi connectivity index (χ3v) is 11.4. The van der Waals surface area contributed by atoms with Gasteiger partial charge in [-0.15, -0.1) is 0 Å². The summed E-state index contributed by atoms with van der Waals surface area (Å²) in [6, 6.07) is 4.00. The van der Waals surface area contributed by atoms with E-state index < -0.39 is 83.2 Å². The Labute approximate surface area is 307 Å². The summed E-state index contributed by atoms with van der Waals surface area (Å²) in [7, 11) is 5.25. The number of Topliss-reactive ketones (excluding diaryl/α,β-unsaturated/α-hetero) is 2. The van der Waals surface area contributed by atoms with Crippen LogP contribution in [-0.4, -0.2) is 110 Å². The lowest BCUT2D eigenvalue weighted by molar-refractivity contribution is -0.298. The van der Waals surface area contributed by atoms with Gasteiger partial charge in [0.15, 0.2) is 23.8 Å². The number of carbonyl (C=O) groups is 5. The van der Waals surface area contributed by atoms with Gasteiger partial charge >= 0.3 is 11.9 Å². The lowest BCUT2D eigenvalue weighted by Gasteiger charge is -2.50. The van der Waals surface area contributed by atoms with Crippen molar-refractivity contribution in [2.75, 3.05) is 26.5 Å². The number of hydrogen-bond donors (Lipinski definition) is 1. The third-order valence-electron chi connectivity index (χ3n) is 11.4. The molecule has 4 rings (SSSR count). The van der Waals surface area contributed by atoms with Gasteiger partial charge in [-0.3, -0.25) is 24.0 Å². The van der Waals surface area contributed by atoms with E-state index in [1.165, 1.54) is 21.0 Å². The normalized spacial score (nSPS) is 38.9. The van der Waals surface area contributed by atoms with Crippen LogP contribution in [-0.2, 0) is 42.9 Å². The van der Waals surface area contributed by atoms with Gasteiger partial charge in [-0.05, 0) is 79.3 Å². The van der Waals surface area contributed by atoms with Gasteiger partial charge in [0.25, 0.3) is 0 Å². The molecule has 0 spiro atoms. The average molecular weight is 731 g/mol. The van der Waals surface area contributed by atoms with Crippen molar-refractivity contribution in [3.8, 4) is 5.75 Å². The lowest BCUT2D eigenvalue weighted by Crippen LogP contribution is -2.64. The van der Waals surface area contributed by atoms with E-state index in [0.29, 0.717) is 29.8 Å². The van der Waals surface area contributed by atoms with Gasteiger partial charge in [0.1, 0.15) is 29.8 Å². The van der Waals surface area contributed by atoms with Crippen molar-refractivity contribution in [1.29, 1.82) is 0 Å². The molecule has 0 saturated carbocycles. The zero-order chi connectivity index (χ0) is 38.9. The smallest absolute Gasteiger partial charge is 0.316 e. The predicted molar refractivity (Wildman–Crippen MR) is 192 cm³/mol. The van der Waals surface area contributed by atoms with E-state index in [2.05, 4.69) is 5.32 Å². The summed E-state index contributed by atoms with van der Waals surface area (Å²) in [6.07, 6.45) is -2.38. The van der Waals surface area contributed by atoms with Crippen LogP contribution in [0, 0.1) is 23.7 Å². The third kappa shape index (κ3) is 8.22. The van der Waals surface area contributed by atoms with Crippen molar-refractivity contribution in [1.82, 2.24) is 4.90 Å². The van der Waals surface area contributed by atoms with Gasteiger partial charge in [0.2, 0.25) is 0 Å². The Hall–Kier alpha value is -3.39. The van der Waals surface area contributed by atoms with Crippen LogP contribution in [0.25, 0.3) is 0 Å². The lowest BCUT2D eigenvalue weighted by atomic mass is 9.72. The second-order valence-electron chi connectivity index (χ2n) is 15.6. The number of aldehydes is 1. The maximum atomic E-state index is 14.5. The summed E-state index contributed by atoms with van der Waals surface area (Å²) in [4.78, 5) is 68.7. The van der Waals surface area contributed by atoms with Crippen LogP contribution in [0.2, 0.25) is 0 Å². The molecule has 52 heavy (non-hydrogen) atoms. The van der Waals surface area contributed by atoms with Crippen LogP contribution in [0.5, 0.6) is 5.75 Å². The molecule has 0 radical (unpaired) electrons. The van der Waals surface area contributed by atoms with Crippen LogP contribution in [0.1, 0.15) is 91.9 Å². The fraction of sp³-hybridized carbons (Fsp3) is 0.718. The van der Waals surface area contributed by atoms with E-state index in [1.807, 2.05) is 46.7 Å². The summed E-state index contributed by atoms with van der Waals surface area (Å²) in [5, 5.41) is 3.46. The number of nitrogens with one attached hydrogen (secondary N) is 1. The number of hydrogen-bond acceptors (Lipinski definition) is 13. The first kappa shape index (κ1) is 41.4. The van der Waals surface area contributed by atoms with Gasteiger partial charge in [-0.1, -0.05) is 27.7 Å². The number of anilines is 1. The van der Waals surface area contributed by atoms with E-state index in [4.69, 9.17) is 28.4 Å². The molecule has 0 amide bonds. The molecular weight excluding hydrogens is 672 g/mol. The maximum absolute atomic E-state index is 14.5. The molecule has 3 heterocycles. The zero-order valence-electron chi connectivity index (χ0n) is 32.7. The monoisotopic (exact) mass is 730 g/mol. The first-order chi connectivity index (χ1) is 24.3. The fourth-order valence-electron chi connectivity index (χ4n) is 8.36. The van der Waals surface area contributed by atoms with Gasteiger partial charge in [-0.25, -0.2) is 0 Å². The Bertz CT molecular complexity index is 1500. The maximum Gasteiger partial charge on any atom is 0.316 e. The molecule has 1 N–H and O–H groups in total. The SMILES string of the molecule is CC[C@H]1OC(=O)[C@H](C)C(=O)[C@H](C)[C@@H](OC2O[C@H](C)C[C@H](N(C)C)[C@H]2OC(C)=O)[C@](C)(OC)C[C@@H](C)C(=O)[C@H](C)C2Nc3cc(C=O)ccc3O[C@@]21C. The quantitative estimate of drug-likeness (QED) is 0.236. The minimum absolute atomic E-state index is 0.122. The minimum Gasteiger partial charge on any atom is -0.479 e. The second kappa shape index (κ2) is 16.3. The molecule has 13 heteroatoms. The van der Waals surface area contributed by atoms with Crippen LogP contribution < -0.4 is 10.1 Å². The van der Waals surface area contributed by atoms with Gasteiger partial charge in [-0.2, -0.15) is 0 Å². The van der Waals surface area contributed by atoms with Crippen molar-refractivity contribution >= 4 is 35.5 Å². The van der Waals surface area contributed by atoms with Crippen molar-refractivity contribution in [3.63, 3.8) is 0 Å². The molecule has 1 aromatic rings. The summed E-state index contributed by atoms with van der Waals surface area (Å²) in [5.41, 5.74) is -1.55. The Balaban J connectivity index is 1.82. The summed E-state index contributed by atoms with van der Waals surface area (Å²) in [5.74, 6) is -4.85. The number of esters is 2. The van der Waals surface area contributed by atoms with E-state index in [-0.39, 0.29) is 24.3 Å². The number of ketones is 2. The predicted octanol–water partition coefficient (Wildman–Crippen LogP) is 4.63. The number of benzene rings is 1. The van der Waals surface area contributed by atoms with Crippen LogP contribution >= 0.6 is 0 Å². The second-order valence-corrected chi connectivity index (χ2v) is 15.6. The van der Waals surface area contributed by atoms with E-state index in [0.717, 1.165) is 6.29 Å². The Morgan fingerprint density at radius 2 is 1.73 bits per heavy atom. The largest absolute Gasteiger partial charge is 0.479 e.